The molecule has 5 rings (SSSR count). The van der Waals surface area contributed by atoms with Crippen LogP contribution in [-0.2, 0) is 12.8 Å². The van der Waals surface area contributed by atoms with Crippen molar-refractivity contribution in [2.24, 2.45) is 0 Å². The van der Waals surface area contributed by atoms with Crippen molar-refractivity contribution in [1.82, 2.24) is 4.98 Å². The molecule has 4 aromatic rings. The first-order valence-electron chi connectivity index (χ1n) is 11.1. The van der Waals surface area contributed by atoms with Gasteiger partial charge in [-0.1, -0.05) is 12.1 Å². The second kappa shape index (κ2) is 9.26. The summed E-state index contributed by atoms with van der Waals surface area (Å²) in [5, 5.41) is 17.6. The van der Waals surface area contributed by atoms with E-state index in [1.807, 2.05) is 36.4 Å². The van der Waals surface area contributed by atoms with E-state index in [9.17, 15) is 14.9 Å². The molecule has 2 heterocycles. The largest absolute Gasteiger partial charge is 0.490 e. The predicted molar refractivity (Wildman–Crippen MR) is 134 cm³/mol. The molecular weight excluding hydrogens is 444 g/mol. The van der Waals surface area contributed by atoms with Gasteiger partial charge < -0.3 is 15.4 Å². The molecule has 35 heavy (non-hydrogen) atoms. The number of rotatable bonds is 6. The fourth-order valence-corrected chi connectivity index (χ4v) is 4.17. The highest BCUT2D eigenvalue weighted by Crippen LogP contribution is 2.37. The van der Waals surface area contributed by atoms with Gasteiger partial charge in [0, 0.05) is 18.5 Å². The highest BCUT2D eigenvalue weighted by atomic mass is 16.6. The van der Waals surface area contributed by atoms with Gasteiger partial charge in [0.05, 0.1) is 34.7 Å². The van der Waals surface area contributed by atoms with E-state index in [2.05, 4.69) is 21.7 Å². The van der Waals surface area contributed by atoms with Crippen LogP contribution in [0.15, 0.2) is 79.1 Å². The van der Waals surface area contributed by atoms with E-state index in [1.54, 1.807) is 30.6 Å². The fraction of sp³-hybridized carbons (Fsp3) is 0.111. The molecule has 8 nitrogen and oxygen atoms in total. The maximum Gasteiger partial charge on any atom is 0.310 e. The van der Waals surface area contributed by atoms with Gasteiger partial charge >= 0.3 is 5.69 Å². The van der Waals surface area contributed by atoms with E-state index < -0.39 is 4.92 Å². The van der Waals surface area contributed by atoms with Crippen molar-refractivity contribution in [3.63, 3.8) is 0 Å². The van der Waals surface area contributed by atoms with Gasteiger partial charge in [-0.25, -0.2) is 0 Å². The summed E-state index contributed by atoms with van der Waals surface area (Å²) in [4.78, 5) is 27.8. The normalized spacial score (nSPS) is 12.0. The van der Waals surface area contributed by atoms with Crippen LogP contribution < -0.4 is 15.4 Å². The van der Waals surface area contributed by atoms with E-state index in [0.717, 1.165) is 40.9 Å². The fourth-order valence-electron chi connectivity index (χ4n) is 4.17. The van der Waals surface area contributed by atoms with Crippen molar-refractivity contribution in [3.05, 3.63) is 106 Å². The number of nitro groups is 1. The molecule has 1 aromatic heterocycles. The zero-order chi connectivity index (χ0) is 24.4. The maximum absolute atomic E-state index is 13.0. The highest BCUT2D eigenvalue weighted by molar-refractivity contribution is 6.12. The lowest BCUT2D eigenvalue weighted by molar-refractivity contribution is -0.385. The average molecular weight is 466 g/mol. The number of nitro benzene ring substituents is 1. The Balaban J connectivity index is 1.43. The van der Waals surface area contributed by atoms with Crippen molar-refractivity contribution in [3.8, 4) is 16.9 Å². The Morgan fingerprint density at radius 1 is 0.829 bits per heavy atom. The number of carbonyl (C=O) groups is 1. The number of benzene rings is 3. The van der Waals surface area contributed by atoms with E-state index >= 15 is 0 Å². The summed E-state index contributed by atoms with van der Waals surface area (Å²) >= 11 is 0. The number of nitrogens with zero attached hydrogens (tertiary/aromatic N) is 2. The lowest BCUT2D eigenvalue weighted by atomic mass is 10.0. The quantitative estimate of drug-likeness (QED) is 0.276. The van der Waals surface area contributed by atoms with Crippen LogP contribution in [0.3, 0.4) is 0 Å². The summed E-state index contributed by atoms with van der Waals surface area (Å²) in [6.07, 6.45) is 5.29. The van der Waals surface area contributed by atoms with Crippen molar-refractivity contribution in [1.29, 1.82) is 0 Å². The number of anilines is 3. The molecule has 1 amide bonds. The molecule has 0 unspecified atom stereocenters. The molecule has 2 N–H and O–H groups in total. The number of ether oxygens (including phenoxy) is 1. The molecule has 1 aliphatic heterocycles. The van der Waals surface area contributed by atoms with Gasteiger partial charge in [0.15, 0.2) is 5.75 Å². The van der Waals surface area contributed by atoms with Gasteiger partial charge in [0.25, 0.3) is 5.91 Å². The Morgan fingerprint density at radius 2 is 1.57 bits per heavy atom. The van der Waals surface area contributed by atoms with Crippen LogP contribution in [0, 0.1) is 10.1 Å². The number of nitrogens with one attached hydrogen (secondary N) is 2. The zero-order valence-electron chi connectivity index (χ0n) is 18.9. The number of pyridine rings is 1. The second-order valence-electron chi connectivity index (χ2n) is 8.22. The van der Waals surface area contributed by atoms with Crippen molar-refractivity contribution in [2.75, 3.05) is 17.7 Å². The molecule has 0 saturated heterocycles. The predicted octanol–water partition coefficient (Wildman–Crippen LogP) is 5.76. The molecule has 0 spiro atoms. The Morgan fingerprint density at radius 3 is 2.34 bits per heavy atom. The van der Waals surface area contributed by atoms with Crippen molar-refractivity contribution < 1.29 is 14.5 Å². The molecule has 3 aromatic carbocycles. The van der Waals surface area contributed by atoms with Crippen LogP contribution in [0.2, 0.25) is 0 Å². The summed E-state index contributed by atoms with van der Waals surface area (Å²) in [6.45, 7) is 0. The molecule has 0 fully saturated rings. The van der Waals surface area contributed by atoms with Crippen LogP contribution >= 0.6 is 0 Å². The average Bonchev–Trinajstić information content (AvgIpc) is 3.02. The molecule has 1 aliphatic rings. The molecule has 0 saturated carbocycles. The van der Waals surface area contributed by atoms with Crippen LogP contribution in [0.4, 0.5) is 22.7 Å². The molecule has 0 atom stereocenters. The third-order valence-corrected chi connectivity index (χ3v) is 6.03. The van der Waals surface area contributed by atoms with Gasteiger partial charge in [-0.15, -0.1) is 0 Å². The number of amides is 1. The minimum atomic E-state index is -0.478. The van der Waals surface area contributed by atoms with E-state index in [-0.39, 0.29) is 17.3 Å². The minimum Gasteiger partial charge on any atom is -0.490 e. The molecule has 174 valence electrons. The number of aryl methyl sites for hydroxylation is 2. The number of hydrogen-bond donors (Lipinski definition) is 2. The Hall–Kier alpha value is -4.72. The first-order chi connectivity index (χ1) is 17.0. The minimum absolute atomic E-state index is 0.0998. The summed E-state index contributed by atoms with van der Waals surface area (Å²) in [7, 11) is 1.40. The molecule has 0 aliphatic carbocycles. The second-order valence-corrected chi connectivity index (χ2v) is 8.22. The molecule has 0 radical (unpaired) electrons. The van der Waals surface area contributed by atoms with Gasteiger partial charge in [-0.3, -0.25) is 19.9 Å². The topological polar surface area (TPSA) is 106 Å². The van der Waals surface area contributed by atoms with Gasteiger partial charge in [0.2, 0.25) is 0 Å². The summed E-state index contributed by atoms with van der Waals surface area (Å²) in [6, 6.07) is 20.2. The SMILES string of the molecule is COc1cc(-c2ccc3c(c2)Nc2ccc(CCc4ccncc4)cc2NC3=O)ccc1[N+](=O)[O-]. The van der Waals surface area contributed by atoms with Crippen molar-refractivity contribution in [2.45, 2.75) is 12.8 Å². The summed E-state index contributed by atoms with van der Waals surface area (Å²) in [5.41, 5.74) is 6.45. The smallest absolute Gasteiger partial charge is 0.310 e. The maximum atomic E-state index is 13.0. The third-order valence-electron chi connectivity index (χ3n) is 6.03. The Kier molecular flexibility index (Phi) is 5.85. The zero-order valence-corrected chi connectivity index (χ0v) is 18.9. The molecular formula is C27H22N4O4. The molecule has 8 heteroatoms. The Bertz CT molecular complexity index is 1440. The first-order valence-corrected chi connectivity index (χ1v) is 11.1. The summed E-state index contributed by atoms with van der Waals surface area (Å²) in [5.74, 6) is -0.0249. The van der Waals surface area contributed by atoms with Gasteiger partial charge in [-0.2, -0.15) is 0 Å². The lowest BCUT2D eigenvalue weighted by Crippen LogP contribution is -2.10. The number of carbonyl (C=O) groups excluding carboxylic acids is 1. The highest BCUT2D eigenvalue weighted by Gasteiger charge is 2.21. The monoisotopic (exact) mass is 466 g/mol. The van der Waals surface area contributed by atoms with Crippen LogP contribution in [-0.4, -0.2) is 22.9 Å². The lowest BCUT2D eigenvalue weighted by Gasteiger charge is -2.12. The van der Waals surface area contributed by atoms with Crippen LogP contribution in [0.25, 0.3) is 11.1 Å². The van der Waals surface area contributed by atoms with E-state index in [0.29, 0.717) is 11.3 Å². The molecule has 0 bridgehead atoms. The van der Waals surface area contributed by atoms with Crippen molar-refractivity contribution >= 4 is 28.7 Å². The van der Waals surface area contributed by atoms with Gasteiger partial charge in [-0.05, 0) is 83.6 Å². The standard InChI is InChI=1S/C27H22N4O4/c1-35-26-16-20(6-9-25(26)31(33)34)19-5-7-21-23(15-19)29-22-8-4-18(14-24(22)30-27(21)32)3-2-17-10-12-28-13-11-17/h4-16,29H,2-3H2,1H3,(H,30,32). The number of hydrogen-bond acceptors (Lipinski definition) is 6. The van der Waals surface area contributed by atoms with E-state index in [1.165, 1.54) is 18.7 Å². The van der Waals surface area contributed by atoms with E-state index in [4.69, 9.17) is 4.74 Å². The first kappa shape index (κ1) is 22.1. The summed E-state index contributed by atoms with van der Waals surface area (Å²) < 4.78 is 5.20. The van der Waals surface area contributed by atoms with Crippen LogP contribution in [0.5, 0.6) is 5.75 Å². The van der Waals surface area contributed by atoms with Crippen LogP contribution in [0.1, 0.15) is 21.5 Å². The third kappa shape index (κ3) is 4.54. The number of aromatic nitrogens is 1. The number of fused-ring (bicyclic) bond motifs is 2. The van der Waals surface area contributed by atoms with Gasteiger partial charge in [0.1, 0.15) is 0 Å². The Labute approximate surface area is 201 Å². The number of methoxy groups -OCH3 is 1.